The van der Waals surface area contributed by atoms with Gasteiger partial charge in [-0.25, -0.2) is 14.6 Å². The molecule has 0 spiro atoms. The van der Waals surface area contributed by atoms with E-state index < -0.39 is 35.9 Å². The summed E-state index contributed by atoms with van der Waals surface area (Å²) < 4.78 is 4.59. The fourth-order valence-corrected chi connectivity index (χ4v) is 4.12. The van der Waals surface area contributed by atoms with Gasteiger partial charge in [-0.1, -0.05) is 47.7 Å². The predicted molar refractivity (Wildman–Crippen MR) is 114 cm³/mol. The molecular weight excluding hydrogens is 420 g/mol. The number of esters is 1. The molecule has 2 N–H and O–H groups in total. The van der Waals surface area contributed by atoms with Crippen LogP contribution in [-0.4, -0.2) is 47.4 Å². The number of amides is 4. The minimum Gasteiger partial charge on any atom is -0.465 e. The molecule has 10 heteroatoms. The number of hydrogen-bond donors (Lipinski definition) is 2. The summed E-state index contributed by atoms with van der Waals surface area (Å²) in [6, 6.07) is 12.5. The fourth-order valence-electron chi connectivity index (χ4n) is 3.37. The van der Waals surface area contributed by atoms with Crippen LogP contribution in [0, 0.1) is 0 Å². The maximum Gasteiger partial charge on any atom is 0.349 e. The third-order valence-electron chi connectivity index (χ3n) is 5.04. The Morgan fingerprint density at radius 2 is 1.94 bits per heavy atom. The van der Waals surface area contributed by atoms with Crippen LogP contribution in [0.25, 0.3) is 10.8 Å². The number of thiazole rings is 1. The molecule has 158 valence electrons. The monoisotopic (exact) mass is 438 g/mol. The number of benzene rings is 2. The van der Waals surface area contributed by atoms with Crippen molar-refractivity contribution < 1.29 is 23.9 Å². The molecule has 1 fully saturated rings. The van der Waals surface area contributed by atoms with Crippen molar-refractivity contribution in [2.75, 3.05) is 19.0 Å². The van der Waals surface area contributed by atoms with Crippen LogP contribution in [-0.2, 0) is 19.9 Å². The summed E-state index contributed by atoms with van der Waals surface area (Å²) in [5.41, 5.74) is -0.671. The molecule has 4 rings (SSSR count). The molecule has 0 aliphatic carbocycles. The van der Waals surface area contributed by atoms with E-state index >= 15 is 0 Å². The van der Waals surface area contributed by atoms with E-state index in [2.05, 4.69) is 20.4 Å². The van der Waals surface area contributed by atoms with E-state index in [1.807, 2.05) is 36.4 Å². The van der Waals surface area contributed by atoms with Gasteiger partial charge in [-0.2, -0.15) is 0 Å². The van der Waals surface area contributed by atoms with Crippen molar-refractivity contribution in [1.29, 1.82) is 0 Å². The minimum absolute atomic E-state index is 0.162. The zero-order valence-electron chi connectivity index (χ0n) is 16.7. The molecule has 0 saturated carbocycles. The molecule has 1 saturated heterocycles. The lowest BCUT2D eigenvalue weighted by molar-refractivity contribution is -0.133. The number of hydrogen-bond acceptors (Lipinski definition) is 7. The average Bonchev–Trinajstić information content (AvgIpc) is 3.31. The molecule has 0 bridgehead atoms. The SMILES string of the molecule is COC(=O)c1cnc(NC(=O)CN2C(=O)NC(C)(c3ccc4ccccc4c3)C2=O)s1. The van der Waals surface area contributed by atoms with Gasteiger partial charge in [0.2, 0.25) is 5.91 Å². The number of rotatable bonds is 5. The molecule has 4 amide bonds. The number of carbonyl (C=O) groups excluding carboxylic acids is 4. The lowest BCUT2D eigenvalue weighted by atomic mass is 9.90. The highest BCUT2D eigenvalue weighted by Crippen LogP contribution is 2.31. The van der Waals surface area contributed by atoms with E-state index in [1.54, 1.807) is 13.0 Å². The van der Waals surface area contributed by atoms with Gasteiger partial charge in [-0.05, 0) is 29.3 Å². The van der Waals surface area contributed by atoms with E-state index in [0.29, 0.717) is 5.56 Å². The maximum absolute atomic E-state index is 13.1. The van der Waals surface area contributed by atoms with Crippen LogP contribution in [0.1, 0.15) is 22.2 Å². The highest BCUT2D eigenvalue weighted by molar-refractivity contribution is 7.17. The number of urea groups is 1. The number of carbonyl (C=O) groups is 4. The van der Waals surface area contributed by atoms with Crippen molar-refractivity contribution in [2.45, 2.75) is 12.5 Å². The summed E-state index contributed by atoms with van der Waals surface area (Å²) in [6.07, 6.45) is 1.27. The summed E-state index contributed by atoms with van der Waals surface area (Å²) in [4.78, 5) is 54.5. The first-order chi connectivity index (χ1) is 14.8. The third-order valence-corrected chi connectivity index (χ3v) is 5.93. The normalized spacial score (nSPS) is 18.2. The summed E-state index contributed by atoms with van der Waals surface area (Å²) in [7, 11) is 1.24. The Hall–Kier alpha value is -3.79. The molecule has 0 radical (unpaired) electrons. The van der Waals surface area contributed by atoms with Crippen LogP contribution in [0.15, 0.2) is 48.7 Å². The lowest BCUT2D eigenvalue weighted by Gasteiger charge is -2.22. The Morgan fingerprint density at radius 1 is 1.19 bits per heavy atom. The number of ether oxygens (including phenoxy) is 1. The van der Waals surface area contributed by atoms with Gasteiger partial charge >= 0.3 is 12.0 Å². The highest BCUT2D eigenvalue weighted by Gasteiger charge is 2.49. The van der Waals surface area contributed by atoms with E-state index in [1.165, 1.54) is 13.3 Å². The second kappa shape index (κ2) is 7.80. The first kappa shape index (κ1) is 20.5. The molecule has 1 unspecified atom stereocenters. The molecule has 2 aromatic carbocycles. The van der Waals surface area contributed by atoms with Crippen LogP contribution in [0.3, 0.4) is 0 Å². The number of methoxy groups -OCH3 is 1. The average molecular weight is 438 g/mol. The van der Waals surface area contributed by atoms with Gasteiger partial charge in [0.15, 0.2) is 5.13 Å². The van der Waals surface area contributed by atoms with Gasteiger partial charge < -0.3 is 15.4 Å². The molecular formula is C21H18N4O5S. The Kier molecular flexibility index (Phi) is 5.15. The van der Waals surface area contributed by atoms with E-state index in [4.69, 9.17) is 0 Å². The van der Waals surface area contributed by atoms with Gasteiger partial charge in [0.05, 0.1) is 13.3 Å². The molecule has 1 aromatic heterocycles. The molecule has 1 aliphatic heterocycles. The lowest BCUT2D eigenvalue weighted by Crippen LogP contribution is -2.42. The molecule has 2 heterocycles. The number of anilines is 1. The van der Waals surface area contributed by atoms with Gasteiger partial charge in [0.25, 0.3) is 5.91 Å². The standard InChI is InChI=1S/C21H18N4O5S/c1-21(14-8-7-12-5-3-4-6-13(12)9-14)18(28)25(20(29)24-21)11-16(26)23-19-22-10-15(31-19)17(27)30-2/h3-10H,11H2,1-2H3,(H,24,29)(H,22,23,26). The fraction of sp³-hybridized carbons (Fsp3) is 0.190. The Balaban J connectivity index is 1.50. The first-order valence-electron chi connectivity index (χ1n) is 9.29. The van der Waals surface area contributed by atoms with Gasteiger partial charge in [-0.3, -0.25) is 14.5 Å². The number of imide groups is 1. The Morgan fingerprint density at radius 3 is 2.68 bits per heavy atom. The summed E-state index contributed by atoms with van der Waals surface area (Å²) >= 11 is 0.930. The highest BCUT2D eigenvalue weighted by atomic mass is 32.1. The van der Waals surface area contributed by atoms with Crippen LogP contribution in [0.2, 0.25) is 0 Å². The van der Waals surface area contributed by atoms with E-state index in [0.717, 1.165) is 27.0 Å². The second-order valence-electron chi connectivity index (χ2n) is 7.08. The van der Waals surface area contributed by atoms with Crippen molar-refractivity contribution in [3.05, 3.63) is 59.1 Å². The number of aromatic nitrogens is 1. The molecule has 3 aromatic rings. The zero-order valence-corrected chi connectivity index (χ0v) is 17.5. The van der Waals surface area contributed by atoms with Crippen molar-refractivity contribution in [3.63, 3.8) is 0 Å². The molecule has 1 atom stereocenters. The van der Waals surface area contributed by atoms with Crippen LogP contribution in [0.5, 0.6) is 0 Å². The van der Waals surface area contributed by atoms with E-state index in [-0.39, 0.29) is 10.0 Å². The second-order valence-corrected chi connectivity index (χ2v) is 8.11. The number of fused-ring (bicyclic) bond motifs is 1. The van der Waals surface area contributed by atoms with Crippen molar-refractivity contribution in [1.82, 2.24) is 15.2 Å². The van der Waals surface area contributed by atoms with Crippen molar-refractivity contribution >= 4 is 51.1 Å². The smallest absolute Gasteiger partial charge is 0.349 e. The zero-order chi connectivity index (χ0) is 22.2. The first-order valence-corrected chi connectivity index (χ1v) is 10.1. The predicted octanol–water partition coefficient (Wildman–Crippen LogP) is 2.49. The van der Waals surface area contributed by atoms with Crippen LogP contribution < -0.4 is 10.6 Å². The maximum atomic E-state index is 13.1. The molecule has 1 aliphatic rings. The third kappa shape index (κ3) is 3.73. The topological polar surface area (TPSA) is 118 Å². The number of nitrogens with one attached hydrogen (secondary N) is 2. The quantitative estimate of drug-likeness (QED) is 0.467. The summed E-state index contributed by atoms with van der Waals surface area (Å²) in [5.74, 6) is -1.72. The van der Waals surface area contributed by atoms with Crippen LogP contribution in [0.4, 0.5) is 9.93 Å². The van der Waals surface area contributed by atoms with Crippen LogP contribution >= 0.6 is 11.3 Å². The van der Waals surface area contributed by atoms with Crippen molar-refractivity contribution in [2.24, 2.45) is 0 Å². The Bertz CT molecular complexity index is 1220. The summed E-state index contributed by atoms with van der Waals surface area (Å²) in [6.45, 7) is 1.12. The largest absolute Gasteiger partial charge is 0.465 e. The molecule has 9 nitrogen and oxygen atoms in total. The van der Waals surface area contributed by atoms with Gasteiger partial charge in [0, 0.05) is 0 Å². The van der Waals surface area contributed by atoms with Crippen molar-refractivity contribution in [3.8, 4) is 0 Å². The number of nitrogens with zero attached hydrogens (tertiary/aromatic N) is 2. The summed E-state index contributed by atoms with van der Waals surface area (Å²) in [5, 5.41) is 7.29. The van der Waals surface area contributed by atoms with Gasteiger partial charge in [0.1, 0.15) is 17.0 Å². The van der Waals surface area contributed by atoms with Gasteiger partial charge in [-0.15, -0.1) is 0 Å². The minimum atomic E-state index is -1.29. The Labute approximate surface area is 181 Å². The van der Waals surface area contributed by atoms with E-state index in [9.17, 15) is 19.2 Å². The molecule has 31 heavy (non-hydrogen) atoms.